The van der Waals surface area contributed by atoms with E-state index in [1.807, 2.05) is 121 Å². The van der Waals surface area contributed by atoms with Gasteiger partial charge in [-0.05, 0) is 64.7 Å². The van der Waals surface area contributed by atoms with Crippen LogP contribution in [0.5, 0.6) is 0 Å². The quantitative estimate of drug-likeness (QED) is 0.0462. The lowest BCUT2D eigenvalue weighted by Crippen LogP contribution is -2.65. The van der Waals surface area contributed by atoms with E-state index >= 15 is 0 Å². The number of carbonyl (C=O) groups excluding carboxylic acids is 4. The first kappa shape index (κ1) is 58.1. The molecule has 0 saturated carbocycles. The molecule has 0 N–H and O–H groups in total. The van der Waals surface area contributed by atoms with Gasteiger partial charge in [0.05, 0.1) is 55.3 Å². The van der Waals surface area contributed by atoms with E-state index in [4.69, 9.17) is 56.8 Å². The summed E-state index contributed by atoms with van der Waals surface area (Å²) in [6.07, 6.45) is -13.3. The summed E-state index contributed by atoms with van der Waals surface area (Å²) in [6.45, 7) is -0.425. The van der Waals surface area contributed by atoms with Crippen LogP contribution in [0.25, 0.3) is 0 Å². The van der Waals surface area contributed by atoms with Gasteiger partial charge in [-0.25, -0.2) is 19.2 Å². The van der Waals surface area contributed by atoms with E-state index in [1.165, 1.54) is 0 Å². The van der Waals surface area contributed by atoms with Gasteiger partial charge in [0.1, 0.15) is 37.1 Å². The molecule has 0 amide bonds. The maximum absolute atomic E-state index is 14.5. The van der Waals surface area contributed by atoms with Crippen molar-refractivity contribution in [2.45, 2.75) is 94.1 Å². The summed E-state index contributed by atoms with van der Waals surface area (Å²) < 4.78 is 79.2. The van der Waals surface area contributed by atoms with Crippen molar-refractivity contribution in [1.82, 2.24) is 0 Å². The van der Waals surface area contributed by atoms with Gasteiger partial charge in [-0.3, -0.25) is 0 Å². The van der Waals surface area contributed by atoms with Gasteiger partial charge in [0.2, 0.25) is 0 Å². The lowest BCUT2D eigenvalue weighted by atomic mass is 9.96. The van der Waals surface area contributed by atoms with Gasteiger partial charge in [-0.15, -0.1) is 0 Å². The van der Waals surface area contributed by atoms with Crippen LogP contribution in [0.3, 0.4) is 0 Å². The zero-order valence-electron chi connectivity index (χ0n) is 46.1. The van der Waals surface area contributed by atoms with E-state index in [0.717, 1.165) is 22.3 Å². The van der Waals surface area contributed by atoms with E-state index in [1.54, 1.807) is 115 Å². The largest absolute Gasteiger partial charge is 0.457 e. The number of hydrogen-bond donors (Lipinski definition) is 0. The lowest BCUT2D eigenvalue weighted by molar-refractivity contribution is -0.378. The monoisotopic (exact) mass is 1150 g/mol. The molecule has 11 rings (SSSR count). The number of esters is 4. The molecule has 16 nitrogen and oxygen atoms in total. The fourth-order valence-corrected chi connectivity index (χ4v) is 10.2. The van der Waals surface area contributed by atoms with Crippen LogP contribution in [0, 0.1) is 0 Å². The molecule has 8 aromatic rings. The maximum atomic E-state index is 14.5. The van der Waals surface area contributed by atoms with E-state index in [9.17, 15) is 19.2 Å². The smallest absolute Gasteiger partial charge is 0.338 e. The van der Waals surface area contributed by atoms with E-state index in [0.29, 0.717) is 5.56 Å². The molecular weight excluding hydrogens is 1080 g/mol. The molecule has 3 aliphatic heterocycles. The SMILES string of the molecule is O=C(OC1C(COC2OC3COC(c4ccccc4)OC3C(OCc3ccccc3)C2OCc2ccccc2)OC(OCc2ccccc2C(=O)OCc2ccccc2)C(OC(=O)c2ccccc2)C1OC(=O)c1ccccc1)c1ccccc1. The summed E-state index contributed by atoms with van der Waals surface area (Å²) in [5, 5.41) is 0. The molecule has 11 unspecified atom stereocenters. The maximum Gasteiger partial charge on any atom is 0.338 e. The topological polar surface area (TPSA) is 179 Å². The molecule has 16 heteroatoms. The van der Waals surface area contributed by atoms with Crippen LogP contribution in [0.4, 0.5) is 0 Å². The van der Waals surface area contributed by atoms with Crippen LogP contribution in [0.2, 0.25) is 0 Å². The van der Waals surface area contributed by atoms with Gasteiger partial charge in [0, 0.05) is 5.56 Å². The molecule has 0 aromatic heterocycles. The first-order chi connectivity index (χ1) is 41.8. The number of carbonyl (C=O) groups is 4. The van der Waals surface area contributed by atoms with Gasteiger partial charge in [-0.2, -0.15) is 0 Å². The Labute approximate surface area is 491 Å². The molecule has 3 heterocycles. The van der Waals surface area contributed by atoms with Crippen molar-refractivity contribution in [3.63, 3.8) is 0 Å². The second-order valence-corrected chi connectivity index (χ2v) is 20.4. The van der Waals surface area contributed by atoms with E-state index in [-0.39, 0.29) is 55.3 Å². The average molecular weight is 1150 g/mol. The molecule has 11 atom stereocenters. The van der Waals surface area contributed by atoms with Gasteiger partial charge in [0.15, 0.2) is 37.2 Å². The summed E-state index contributed by atoms with van der Waals surface area (Å²) in [5.74, 6) is -3.13. The van der Waals surface area contributed by atoms with Crippen molar-refractivity contribution < 1.29 is 76.0 Å². The molecule has 3 fully saturated rings. The molecule has 0 radical (unpaired) electrons. The molecular formula is C69H62O16. The first-order valence-corrected chi connectivity index (χ1v) is 28.1. The molecule has 8 aromatic carbocycles. The Kier molecular flexibility index (Phi) is 19.6. The standard InChI is InChI=1S/C69H62O16/c70-63(49-30-14-4-15-31-49)82-58-56(45-79-68-61(75-41-47-26-10-2-11-27-47)59(74-40-46-24-8-1-9-25-46)57-55(80-68)44-78-67(85-57)52-36-20-7-21-37-52)81-69(77-43-53-38-22-23-39-54(53)66(73)76-42-48-28-12-3-13-29-48)62(84-65(72)51-34-18-6-19-35-51)60(58)83-64(71)50-32-16-5-17-33-50/h1-39,55-62,67-69H,40-45H2. The minimum Gasteiger partial charge on any atom is -0.457 e. The third kappa shape index (κ3) is 15.0. The Morgan fingerprint density at radius 2 is 0.824 bits per heavy atom. The molecule has 434 valence electrons. The van der Waals surface area contributed by atoms with Crippen LogP contribution >= 0.6 is 0 Å². The summed E-state index contributed by atoms with van der Waals surface area (Å²) in [5.41, 5.74) is 4.35. The van der Waals surface area contributed by atoms with Crippen molar-refractivity contribution in [3.8, 4) is 0 Å². The minimum atomic E-state index is -1.66. The highest BCUT2D eigenvalue weighted by Gasteiger charge is 2.56. The molecule has 85 heavy (non-hydrogen) atoms. The van der Waals surface area contributed by atoms with Crippen molar-refractivity contribution in [2.24, 2.45) is 0 Å². The molecule has 3 aliphatic rings. The molecule has 0 bridgehead atoms. The average Bonchev–Trinajstić information content (AvgIpc) is 3.64. The zero-order chi connectivity index (χ0) is 58.2. The van der Waals surface area contributed by atoms with Gasteiger partial charge >= 0.3 is 23.9 Å². The predicted molar refractivity (Wildman–Crippen MR) is 307 cm³/mol. The van der Waals surface area contributed by atoms with Crippen LogP contribution in [-0.4, -0.2) is 98.5 Å². The summed E-state index contributed by atoms with van der Waals surface area (Å²) >= 11 is 0. The van der Waals surface area contributed by atoms with Crippen molar-refractivity contribution in [3.05, 3.63) is 287 Å². The summed E-state index contributed by atoms with van der Waals surface area (Å²) in [4.78, 5) is 57.3. The summed E-state index contributed by atoms with van der Waals surface area (Å²) in [6, 6.07) is 69.4. The van der Waals surface area contributed by atoms with Crippen LogP contribution in [0.15, 0.2) is 237 Å². The molecule has 0 spiro atoms. The third-order valence-corrected chi connectivity index (χ3v) is 14.6. The minimum absolute atomic E-state index is 0.00968. The number of benzene rings is 8. The van der Waals surface area contributed by atoms with E-state index < -0.39 is 98.2 Å². The van der Waals surface area contributed by atoms with Crippen molar-refractivity contribution in [2.75, 3.05) is 13.2 Å². The highest BCUT2D eigenvalue weighted by Crippen LogP contribution is 2.39. The number of fused-ring (bicyclic) bond motifs is 1. The predicted octanol–water partition coefficient (Wildman–Crippen LogP) is 11.0. The van der Waals surface area contributed by atoms with E-state index in [2.05, 4.69) is 0 Å². The van der Waals surface area contributed by atoms with Gasteiger partial charge in [-0.1, -0.05) is 194 Å². The Hall–Kier alpha value is -8.68. The Morgan fingerprint density at radius 1 is 0.376 bits per heavy atom. The molecule has 0 aliphatic carbocycles. The number of rotatable bonds is 22. The fraction of sp³-hybridized carbons (Fsp3) is 0.246. The molecule has 3 saturated heterocycles. The number of ether oxygens (including phenoxy) is 12. The zero-order valence-corrected chi connectivity index (χ0v) is 46.1. The highest BCUT2D eigenvalue weighted by molar-refractivity contribution is 5.92. The van der Waals surface area contributed by atoms with Gasteiger partial charge < -0.3 is 56.8 Å². The van der Waals surface area contributed by atoms with Crippen LogP contribution < -0.4 is 0 Å². The van der Waals surface area contributed by atoms with Crippen LogP contribution in [0.1, 0.15) is 75.5 Å². The Bertz CT molecular complexity index is 3400. The lowest BCUT2D eigenvalue weighted by Gasteiger charge is -2.49. The fourth-order valence-electron chi connectivity index (χ4n) is 10.2. The highest BCUT2D eigenvalue weighted by atomic mass is 16.8. The first-order valence-electron chi connectivity index (χ1n) is 28.1. The van der Waals surface area contributed by atoms with Gasteiger partial charge in [0.25, 0.3) is 0 Å². The second-order valence-electron chi connectivity index (χ2n) is 20.4. The van der Waals surface area contributed by atoms with Crippen molar-refractivity contribution >= 4 is 23.9 Å². The Morgan fingerprint density at radius 3 is 1.38 bits per heavy atom. The summed E-state index contributed by atoms with van der Waals surface area (Å²) in [7, 11) is 0. The normalized spacial score (nSPS) is 23.6. The van der Waals surface area contributed by atoms with Crippen LogP contribution in [-0.2, 0) is 83.3 Å². The second kappa shape index (κ2) is 28.7. The third-order valence-electron chi connectivity index (χ3n) is 14.6. The number of hydrogen-bond acceptors (Lipinski definition) is 16. The Balaban J connectivity index is 0.964. The van der Waals surface area contributed by atoms with Crippen molar-refractivity contribution in [1.29, 1.82) is 0 Å².